The van der Waals surface area contributed by atoms with E-state index in [-0.39, 0.29) is 24.0 Å². The van der Waals surface area contributed by atoms with Crippen molar-refractivity contribution in [1.29, 1.82) is 0 Å². The van der Waals surface area contributed by atoms with Gasteiger partial charge in [-0.15, -0.1) is 0 Å². The van der Waals surface area contributed by atoms with Gasteiger partial charge in [0.25, 0.3) is 10.0 Å². The Kier molecular flexibility index (Phi) is 21.2. The van der Waals surface area contributed by atoms with Crippen LogP contribution in [0.2, 0.25) is 10.0 Å². The van der Waals surface area contributed by atoms with Gasteiger partial charge in [-0.1, -0.05) is 54.9 Å². The second-order valence-corrected chi connectivity index (χ2v) is 24.5. The summed E-state index contributed by atoms with van der Waals surface area (Å²) in [6.07, 6.45) is 5.92. The number of aryl methyl sites for hydroxylation is 2. The highest BCUT2D eigenvalue weighted by Crippen LogP contribution is 2.39. The molecule has 0 aliphatic heterocycles. The van der Waals surface area contributed by atoms with Crippen LogP contribution in [0.25, 0.3) is 44.1 Å². The van der Waals surface area contributed by atoms with Crippen LogP contribution in [0, 0.1) is 42.9 Å². The summed E-state index contributed by atoms with van der Waals surface area (Å²) in [7, 11) is -2.72. The number of rotatable bonds is 17. The van der Waals surface area contributed by atoms with Gasteiger partial charge in [0.2, 0.25) is 45.1 Å². The summed E-state index contributed by atoms with van der Waals surface area (Å²) < 4.78 is 156. The minimum Gasteiger partial charge on any atom is -0.497 e. The van der Waals surface area contributed by atoms with E-state index in [1.54, 1.807) is 88.5 Å². The highest BCUT2D eigenvalue weighted by molar-refractivity contribution is 7.93. The summed E-state index contributed by atoms with van der Waals surface area (Å²) in [4.78, 5) is 16.7. The Bertz CT molecular complexity index is 4570. The van der Waals surface area contributed by atoms with E-state index in [4.69, 9.17) is 42.1 Å². The Hall–Kier alpha value is -8.79. The molecule has 0 spiro atoms. The van der Waals surface area contributed by atoms with Gasteiger partial charge in [-0.25, -0.2) is 35.9 Å². The lowest BCUT2D eigenvalue weighted by atomic mass is 10.0. The number of nitrogens with one attached hydrogen (secondary N) is 1. The number of nitrogens with zero attached hydrogens (tertiary/aromatic N) is 7. The third-order valence-electron chi connectivity index (χ3n) is 13.3. The number of fused-ring (bicyclic) bond motifs is 2. The second kappa shape index (κ2) is 28.6. The fourth-order valence-electron chi connectivity index (χ4n) is 8.80. The number of aromatic nitrogens is 6. The normalized spacial score (nSPS) is 11.2. The van der Waals surface area contributed by atoms with Crippen LogP contribution in [0.5, 0.6) is 28.7 Å². The van der Waals surface area contributed by atoms with Crippen molar-refractivity contribution in [3.8, 4) is 51.3 Å². The van der Waals surface area contributed by atoms with Gasteiger partial charge < -0.3 is 28.4 Å². The van der Waals surface area contributed by atoms with Crippen molar-refractivity contribution in [3.63, 3.8) is 0 Å². The number of hydrogen-bond donors (Lipinski definition) is 1. The van der Waals surface area contributed by atoms with Crippen LogP contribution < -0.4 is 32.8 Å². The fraction of sp³-hybridized carbons (Fsp3) is 0.148. The number of halogens is 7. The Balaban J connectivity index is 0.000000184. The average molecular weight is 1330 g/mol. The molecule has 89 heavy (non-hydrogen) atoms. The van der Waals surface area contributed by atoms with Gasteiger partial charge in [0.15, 0.2) is 0 Å². The SMILES string of the molecule is C.COc1cc(Cl)ccc1-c1nccc2cc(S(=O)(=O)Oc3c(F)c(F)c(F)c(F)c3F)ccc12.COc1ccc(CN(c2ncns2)S(=O)(=O)c2ccc3c(-c4ccc(Cl)cc4OC)nccc3c2)c(C)c1.COc1ccc(CNc2ncns2)c(C)c1. The zero-order chi connectivity index (χ0) is 63.0. The molecule has 0 aliphatic carbocycles. The smallest absolute Gasteiger partial charge is 0.339 e. The van der Waals surface area contributed by atoms with Crippen LogP contribution in [0.3, 0.4) is 0 Å². The highest BCUT2D eigenvalue weighted by Gasteiger charge is 2.32. The molecule has 4 aromatic heterocycles. The molecule has 0 bridgehead atoms. The predicted molar refractivity (Wildman–Crippen MR) is 334 cm³/mol. The van der Waals surface area contributed by atoms with E-state index in [2.05, 4.69) is 51.2 Å². The Labute approximate surface area is 526 Å². The molecule has 0 fully saturated rings. The van der Waals surface area contributed by atoms with Crippen molar-refractivity contribution in [2.45, 2.75) is 44.2 Å². The fourth-order valence-corrected chi connectivity index (χ4v) is 12.7. The molecule has 0 saturated carbocycles. The molecular weight excluding hydrogens is 1280 g/mol. The lowest BCUT2D eigenvalue weighted by Crippen LogP contribution is -2.30. The molecule has 1 N–H and O–H groups in total. The predicted octanol–water partition coefficient (Wildman–Crippen LogP) is 15.3. The molecule has 462 valence electrons. The number of anilines is 2. The molecule has 0 saturated heterocycles. The van der Waals surface area contributed by atoms with Crippen molar-refractivity contribution in [3.05, 3.63) is 208 Å². The number of methoxy groups -OCH3 is 4. The average Bonchev–Trinajstić information content (AvgIpc) is 2.38. The van der Waals surface area contributed by atoms with Crippen LogP contribution in [-0.2, 0) is 33.2 Å². The maximum atomic E-state index is 14.0. The number of pyridine rings is 2. The van der Waals surface area contributed by atoms with Gasteiger partial charge in [0, 0.05) is 73.9 Å². The van der Waals surface area contributed by atoms with Crippen LogP contribution >= 0.6 is 46.3 Å². The Morgan fingerprint density at radius 3 is 1.52 bits per heavy atom. The second-order valence-electron chi connectivity index (χ2n) is 18.6. The largest absolute Gasteiger partial charge is 0.497 e. The zero-order valence-electron chi connectivity index (χ0n) is 46.9. The van der Waals surface area contributed by atoms with E-state index >= 15 is 0 Å². The molecule has 0 aliphatic rings. The third kappa shape index (κ3) is 14.7. The minimum absolute atomic E-state index is 0. The lowest BCUT2D eigenvalue weighted by molar-refractivity contribution is 0.346. The van der Waals surface area contributed by atoms with Gasteiger partial charge in [-0.3, -0.25) is 9.97 Å². The van der Waals surface area contributed by atoms with Crippen LogP contribution in [0.4, 0.5) is 32.2 Å². The molecule has 0 radical (unpaired) electrons. The van der Waals surface area contributed by atoms with Gasteiger partial charge in [0.05, 0.1) is 51.3 Å². The van der Waals surface area contributed by atoms with E-state index in [0.717, 1.165) is 63.2 Å². The minimum atomic E-state index is -4.99. The molecule has 11 aromatic rings. The van der Waals surface area contributed by atoms with Crippen molar-refractivity contribution in [2.75, 3.05) is 38.1 Å². The molecule has 17 nitrogen and oxygen atoms in total. The van der Waals surface area contributed by atoms with E-state index in [9.17, 15) is 38.8 Å². The zero-order valence-corrected chi connectivity index (χ0v) is 51.6. The first-order chi connectivity index (χ1) is 42.1. The molecule has 0 unspecified atom stereocenters. The van der Waals surface area contributed by atoms with Gasteiger partial charge >= 0.3 is 10.1 Å². The van der Waals surface area contributed by atoms with Gasteiger partial charge in [-0.05, 0) is 144 Å². The monoisotopic (exact) mass is 1330 g/mol. The summed E-state index contributed by atoms with van der Waals surface area (Å²) in [6.45, 7) is 4.83. The maximum absolute atomic E-state index is 14.0. The third-order valence-corrected chi connectivity index (χ3v) is 18.2. The summed E-state index contributed by atoms with van der Waals surface area (Å²) in [5.74, 6) is -11.3. The Morgan fingerprint density at radius 2 is 1.03 bits per heavy atom. The molecule has 4 heterocycles. The molecule has 28 heteroatoms. The van der Waals surface area contributed by atoms with E-state index < -0.39 is 59.9 Å². The highest BCUT2D eigenvalue weighted by atomic mass is 35.5. The molecule has 0 atom stereocenters. The topological polar surface area (TPSA) is 207 Å². The standard InChI is InChI=1S/C27H23ClN4O4S2.C22H11ClF5NO4S.C11H13N3OS.CH4/c1-17-12-21(35-2)6-4-19(17)15-32(27-30-16-31-37-27)38(33,34)22-7-9-23-18(13-22)10-11-29-26(23)24-8-5-20(28)14-25(24)36-3;1-32-15-9-11(23)2-4-14(15)21-13-5-3-12(8-10(13)6-7-29-21)34(30,31)33-22-19(27)17(25)16(24)18(26)20(22)28;1-8-5-10(15-2)4-3-9(8)6-12-11-13-7-14-16-11;/h4-14,16H,15H2,1-3H3;2-9H,1H3;3-5,7H,6H2,1-2H3,(H,12,13,14);1H4. The van der Waals surface area contributed by atoms with Crippen LogP contribution in [0.1, 0.15) is 29.7 Å². The summed E-state index contributed by atoms with van der Waals surface area (Å²) >= 11 is 14.5. The first-order valence-electron chi connectivity index (χ1n) is 25.6. The van der Waals surface area contributed by atoms with Crippen molar-refractivity contribution < 1.29 is 61.9 Å². The first-order valence-corrected chi connectivity index (χ1v) is 30.8. The summed E-state index contributed by atoms with van der Waals surface area (Å²) in [5.41, 5.74) is 6.54. The summed E-state index contributed by atoms with van der Waals surface area (Å²) in [6, 6.07) is 33.4. The summed E-state index contributed by atoms with van der Waals surface area (Å²) in [5, 5.41) is 7.59. The first kappa shape index (κ1) is 66.2. The van der Waals surface area contributed by atoms with Crippen LogP contribution in [-0.4, -0.2) is 74.0 Å². The van der Waals surface area contributed by atoms with E-state index in [1.165, 1.54) is 58.7 Å². The lowest BCUT2D eigenvalue weighted by Gasteiger charge is -2.23. The van der Waals surface area contributed by atoms with Crippen LogP contribution in [0.15, 0.2) is 156 Å². The molecule has 0 amide bonds. The van der Waals surface area contributed by atoms with Crippen molar-refractivity contribution in [2.24, 2.45) is 0 Å². The van der Waals surface area contributed by atoms with Gasteiger partial charge in [0.1, 0.15) is 40.5 Å². The van der Waals surface area contributed by atoms with Gasteiger partial charge in [-0.2, -0.15) is 25.9 Å². The van der Waals surface area contributed by atoms with E-state index in [1.807, 2.05) is 43.3 Å². The number of benzene rings is 7. The van der Waals surface area contributed by atoms with E-state index in [0.29, 0.717) is 60.4 Å². The van der Waals surface area contributed by atoms with Crippen molar-refractivity contribution >= 4 is 98.2 Å². The molecule has 11 rings (SSSR count). The van der Waals surface area contributed by atoms with Crippen molar-refractivity contribution in [1.82, 2.24) is 28.7 Å². The maximum Gasteiger partial charge on any atom is 0.339 e. The molecular formula is C61H51Cl2F5N8O9S4. The number of ether oxygens (including phenoxy) is 4. The number of sulfonamides is 1. The quantitative estimate of drug-likeness (QED) is 0.0389. The molecule has 7 aromatic carbocycles. The number of hydrogen-bond acceptors (Lipinski definition) is 18. The Morgan fingerprint density at radius 1 is 0.539 bits per heavy atom.